The SMILES string of the molecule is C=Cn1ccnc1-c1ccccc1.CCCCCCCC. The van der Waals surface area contributed by atoms with Gasteiger partial charge in [0.05, 0.1) is 0 Å². The Kier molecular flexibility index (Phi) is 8.94. The summed E-state index contributed by atoms with van der Waals surface area (Å²) in [7, 11) is 0. The van der Waals surface area contributed by atoms with Gasteiger partial charge in [0.25, 0.3) is 0 Å². The first-order chi connectivity index (χ1) is 10.3. The molecular formula is C19H28N2. The van der Waals surface area contributed by atoms with Crippen molar-refractivity contribution in [1.29, 1.82) is 0 Å². The van der Waals surface area contributed by atoms with Gasteiger partial charge in [-0.3, -0.25) is 0 Å². The Labute approximate surface area is 129 Å². The van der Waals surface area contributed by atoms with Crippen molar-refractivity contribution in [2.75, 3.05) is 0 Å². The van der Waals surface area contributed by atoms with Gasteiger partial charge >= 0.3 is 0 Å². The van der Waals surface area contributed by atoms with Crippen molar-refractivity contribution >= 4 is 6.20 Å². The predicted octanol–water partition coefficient (Wildman–Crippen LogP) is 6.02. The fraction of sp³-hybridized carbons (Fsp3) is 0.421. The molecule has 0 saturated carbocycles. The molecule has 0 aliphatic rings. The summed E-state index contributed by atoms with van der Waals surface area (Å²) >= 11 is 0. The number of hydrogen-bond acceptors (Lipinski definition) is 1. The highest BCUT2D eigenvalue weighted by Crippen LogP contribution is 2.16. The Morgan fingerprint density at radius 1 is 1.00 bits per heavy atom. The summed E-state index contributed by atoms with van der Waals surface area (Å²) in [4.78, 5) is 4.25. The molecule has 1 aromatic carbocycles. The smallest absolute Gasteiger partial charge is 0.143 e. The molecule has 0 spiro atoms. The zero-order chi connectivity index (χ0) is 15.3. The Balaban J connectivity index is 0.000000240. The van der Waals surface area contributed by atoms with Crippen molar-refractivity contribution in [2.24, 2.45) is 0 Å². The summed E-state index contributed by atoms with van der Waals surface area (Å²) in [6, 6.07) is 10.0. The minimum absolute atomic E-state index is 0.926. The van der Waals surface area contributed by atoms with Crippen molar-refractivity contribution < 1.29 is 0 Å². The Morgan fingerprint density at radius 3 is 2.14 bits per heavy atom. The standard InChI is InChI=1S/C11H10N2.C8H18/c1-2-13-9-8-12-11(13)10-6-4-3-5-7-10;1-3-5-7-8-6-4-2/h2-9H,1H2;3-8H2,1-2H3. The van der Waals surface area contributed by atoms with Gasteiger partial charge in [-0.15, -0.1) is 0 Å². The fourth-order valence-electron chi connectivity index (χ4n) is 2.12. The minimum atomic E-state index is 0.926. The van der Waals surface area contributed by atoms with Crippen LogP contribution < -0.4 is 0 Å². The number of nitrogens with zero attached hydrogens (tertiary/aromatic N) is 2. The maximum Gasteiger partial charge on any atom is 0.143 e. The molecule has 0 unspecified atom stereocenters. The van der Waals surface area contributed by atoms with Crippen LogP contribution in [0.15, 0.2) is 49.3 Å². The summed E-state index contributed by atoms with van der Waals surface area (Å²) in [5, 5.41) is 0. The third kappa shape index (κ3) is 6.44. The first kappa shape index (κ1) is 17.2. The van der Waals surface area contributed by atoms with E-state index in [1.54, 1.807) is 12.4 Å². The number of aromatic nitrogens is 2. The Morgan fingerprint density at radius 2 is 1.62 bits per heavy atom. The van der Waals surface area contributed by atoms with E-state index in [0.717, 1.165) is 11.4 Å². The first-order valence-electron chi connectivity index (χ1n) is 8.04. The summed E-state index contributed by atoms with van der Waals surface area (Å²) < 4.78 is 1.90. The average molecular weight is 284 g/mol. The van der Waals surface area contributed by atoms with E-state index < -0.39 is 0 Å². The van der Waals surface area contributed by atoms with Crippen molar-refractivity contribution in [1.82, 2.24) is 9.55 Å². The van der Waals surface area contributed by atoms with Gasteiger partial charge in [0.1, 0.15) is 5.82 Å². The van der Waals surface area contributed by atoms with Crippen LogP contribution >= 0.6 is 0 Å². The van der Waals surface area contributed by atoms with Crippen LogP contribution in [-0.2, 0) is 0 Å². The molecule has 2 nitrogen and oxygen atoms in total. The lowest BCUT2D eigenvalue weighted by atomic mass is 10.1. The molecule has 21 heavy (non-hydrogen) atoms. The van der Waals surface area contributed by atoms with E-state index in [4.69, 9.17) is 0 Å². The van der Waals surface area contributed by atoms with E-state index in [0.29, 0.717) is 0 Å². The molecule has 2 aromatic rings. The Hall–Kier alpha value is -1.83. The number of imidazole rings is 1. The second-order valence-electron chi connectivity index (χ2n) is 5.12. The molecule has 1 aromatic heterocycles. The van der Waals surface area contributed by atoms with Crippen LogP contribution in [-0.4, -0.2) is 9.55 Å². The summed E-state index contributed by atoms with van der Waals surface area (Å²) in [5.74, 6) is 0.926. The zero-order valence-electron chi connectivity index (χ0n) is 13.5. The Bertz CT molecular complexity index is 479. The topological polar surface area (TPSA) is 17.8 Å². The van der Waals surface area contributed by atoms with Gasteiger partial charge in [0.15, 0.2) is 0 Å². The third-order valence-electron chi connectivity index (χ3n) is 3.35. The van der Waals surface area contributed by atoms with Gasteiger partial charge in [0, 0.05) is 24.2 Å². The van der Waals surface area contributed by atoms with E-state index in [9.17, 15) is 0 Å². The van der Waals surface area contributed by atoms with E-state index in [1.807, 2.05) is 41.1 Å². The summed E-state index contributed by atoms with van der Waals surface area (Å²) in [6.45, 7) is 8.22. The molecule has 2 rings (SSSR count). The van der Waals surface area contributed by atoms with E-state index in [-0.39, 0.29) is 0 Å². The lowest BCUT2D eigenvalue weighted by Gasteiger charge is -2.00. The maximum atomic E-state index is 4.25. The van der Waals surface area contributed by atoms with Crippen LogP contribution in [0.4, 0.5) is 0 Å². The van der Waals surface area contributed by atoms with Gasteiger partial charge in [-0.1, -0.05) is 89.3 Å². The molecule has 0 radical (unpaired) electrons. The van der Waals surface area contributed by atoms with Crippen LogP contribution in [0, 0.1) is 0 Å². The molecular weight excluding hydrogens is 256 g/mol. The molecule has 1 heterocycles. The molecule has 0 aliphatic heterocycles. The zero-order valence-corrected chi connectivity index (χ0v) is 13.5. The number of benzene rings is 1. The van der Waals surface area contributed by atoms with Gasteiger partial charge < -0.3 is 4.57 Å². The normalized spacial score (nSPS) is 9.81. The minimum Gasteiger partial charge on any atom is -0.307 e. The van der Waals surface area contributed by atoms with Crippen LogP contribution in [0.3, 0.4) is 0 Å². The van der Waals surface area contributed by atoms with Crippen LogP contribution in [0.5, 0.6) is 0 Å². The molecule has 0 bridgehead atoms. The molecule has 2 heteroatoms. The molecule has 114 valence electrons. The van der Waals surface area contributed by atoms with Gasteiger partial charge in [0.2, 0.25) is 0 Å². The van der Waals surface area contributed by atoms with E-state index in [2.05, 4.69) is 25.4 Å². The number of unbranched alkanes of at least 4 members (excludes halogenated alkanes) is 5. The van der Waals surface area contributed by atoms with Crippen molar-refractivity contribution in [3.63, 3.8) is 0 Å². The monoisotopic (exact) mass is 284 g/mol. The van der Waals surface area contributed by atoms with Crippen LogP contribution in [0.25, 0.3) is 17.6 Å². The van der Waals surface area contributed by atoms with E-state index >= 15 is 0 Å². The number of hydrogen-bond donors (Lipinski definition) is 0. The van der Waals surface area contributed by atoms with Crippen molar-refractivity contribution in [3.05, 3.63) is 49.3 Å². The second-order valence-corrected chi connectivity index (χ2v) is 5.12. The fourth-order valence-corrected chi connectivity index (χ4v) is 2.12. The molecule has 0 aliphatic carbocycles. The maximum absolute atomic E-state index is 4.25. The quantitative estimate of drug-likeness (QED) is 0.569. The highest BCUT2D eigenvalue weighted by atomic mass is 15.0. The largest absolute Gasteiger partial charge is 0.307 e. The molecule has 0 N–H and O–H groups in total. The van der Waals surface area contributed by atoms with Crippen LogP contribution in [0.1, 0.15) is 52.4 Å². The lowest BCUT2D eigenvalue weighted by molar-refractivity contribution is 0.624. The molecule has 0 fully saturated rings. The van der Waals surface area contributed by atoms with Crippen molar-refractivity contribution in [2.45, 2.75) is 52.4 Å². The van der Waals surface area contributed by atoms with Crippen LogP contribution in [0.2, 0.25) is 0 Å². The third-order valence-corrected chi connectivity index (χ3v) is 3.35. The highest BCUT2D eigenvalue weighted by molar-refractivity contribution is 5.57. The summed E-state index contributed by atoms with van der Waals surface area (Å²) in [6.07, 6.45) is 13.9. The van der Waals surface area contributed by atoms with E-state index in [1.165, 1.54) is 38.5 Å². The average Bonchev–Trinajstić information content (AvgIpc) is 3.02. The summed E-state index contributed by atoms with van der Waals surface area (Å²) in [5.41, 5.74) is 1.10. The lowest BCUT2D eigenvalue weighted by Crippen LogP contribution is -1.88. The number of rotatable bonds is 7. The molecule has 0 atom stereocenters. The molecule has 0 amide bonds. The first-order valence-corrected chi connectivity index (χ1v) is 8.04. The van der Waals surface area contributed by atoms with Gasteiger partial charge in [-0.2, -0.15) is 0 Å². The van der Waals surface area contributed by atoms with Crippen molar-refractivity contribution in [3.8, 4) is 11.4 Å². The van der Waals surface area contributed by atoms with Gasteiger partial charge in [-0.25, -0.2) is 4.98 Å². The molecule has 0 saturated heterocycles. The highest BCUT2D eigenvalue weighted by Gasteiger charge is 2.01. The predicted molar refractivity (Wildman–Crippen MR) is 93.1 cm³/mol. The second kappa shape index (κ2) is 10.9. The van der Waals surface area contributed by atoms with Gasteiger partial charge in [-0.05, 0) is 0 Å².